The summed E-state index contributed by atoms with van der Waals surface area (Å²) in [5.74, 6) is 0.934. The van der Waals surface area contributed by atoms with Crippen LogP contribution >= 0.6 is 46.9 Å². The Morgan fingerprint density at radius 1 is 1.50 bits per heavy atom. The van der Waals surface area contributed by atoms with Crippen LogP contribution in [0.15, 0.2) is 17.1 Å². The van der Waals surface area contributed by atoms with Crippen molar-refractivity contribution in [2.45, 2.75) is 12.8 Å². The highest BCUT2D eigenvalue weighted by atomic mass is 127. The molecule has 0 amide bonds. The van der Waals surface area contributed by atoms with Crippen LogP contribution in [0.2, 0.25) is 4.34 Å². The van der Waals surface area contributed by atoms with E-state index in [2.05, 4.69) is 21.7 Å². The molecule has 90 valence electrons. The van der Waals surface area contributed by atoms with E-state index in [1.54, 1.807) is 11.3 Å². The smallest absolute Gasteiger partial charge is 0.191 e. The Morgan fingerprint density at radius 3 is 3.00 bits per heavy atom. The van der Waals surface area contributed by atoms with Crippen LogP contribution in [0.4, 0.5) is 0 Å². The number of nitrogens with zero attached hydrogens (tertiary/aromatic N) is 1. The zero-order chi connectivity index (χ0) is 10.5. The molecule has 0 fully saturated rings. The van der Waals surface area contributed by atoms with E-state index in [0.717, 1.165) is 42.8 Å². The second-order valence-electron chi connectivity index (χ2n) is 3.39. The highest BCUT2D eigenvalue weighted by Gasteiger charge is 2.03. The molecule has 6 heteroatoms. The summed E-state index contributed by atoms with van der Waals surface area (Å²) < 4.78 is 0.859. The average molecular weight is 372 g/mol. The first kappa shape index (κ1) is 14.1. The maximum absolute atomic E-state index is 5.85. The van der Waals surface area contributed by atoms with Gasteiger partial charge in [0.1, 0.15) is 0 Å². The van der Waals surface area contributed by atoms with E-state index in [-0.39, 0.29) is 24.0 Å². The summed E-state index contributed by atoms with van der Waals surface area (Å²) >= 11 is 7.49. The third kappa shape index (κ3) is 4.47. The molecule has 2 N–H and O–H groups in total. The molecule has 1 aliphatic heterocycles. The van der Waals surface area contributed by atoms with Gasteiger partial charge in [-0.3, -0.25) is 4.99 Å². The molecule has 0 aromatic carbocycles. The van der Waals surface area contributed by atoms with Gasteiger partial charge in [0, 0.05) is 24.5 Å². The second-order valence-corrected chi connectivity index (χ2v) is 5.19. The van der Waals surface area contributed by atoms with Gasteiger partial charge in [-0.05, 0) is 25.0 Å². The van der Waals surface area contributed by atoms with Gasteiger partial charge in [-0.25, -0.2) is 0 Å². The zero-order valence-corrected chi connectivity index (χ0v) is 12.7. The molecule has 0 unspecified atom stereocenters. The standard InChI is InChI=1S/C10H14ClN3S.HI/c11-9-3-2-8(15-9)4-7-14-10-12-5-1-6-13-10;/h2-3H,1,4-7H2,(H2,12,13,14);1H. The molecule has 16 heavy (non-hydrogen) atoms. The average Bonchev–Trinajstić information content (AvgIpc) is 2.66. The molecule has 0 aliphatic carbocycles. The quantitative estimate of drug-likeness (QED) is 0.801. The van der Waals surface area contributed by atoms with Crippen molar-refractivity contribution in [2.24, 2.45) is 4.99 Å². The first-order valence-corrected chi connectivity index (χ1v) is 6.30. The number of aliphatic imine (C=N–C) groups is 1. The molecule has 0 bridgehead atoms. The third-order valence-electron chi connectivity index (χ3n) is 2.19. The third-order valence-corrected chi connectivity index (χ3v) is 3.48. The fraction of sp³-hybridized carbons (Fsp3) is 0.500. The second kappa shape index (κ2) is 7.34. The van der Waals surface area contributed by atoms with E-state index >= 15 is 0 Å². The first-order valence-electron chi connectivity index (χ1n) is 5.11. The van der Waals surface area contributed by atoms with Gasteiger partial charge >= 0.3 is 0 Å². The summed E-state index contributed by atoms with van der Waals surface area (Å²) in [6.45, 7) is 2.86. The van der Waals surface area contributed by atoms with Crippen molar-refractivity contribution in [3.05, 3.63) is 21.3 Å². The van der Waals surface area contributed by atoms with Crippen LogP contribution in [0.5, 0.6) is 0 Å². The molecule has 1 aliphatic rings. The van der Waals surface area contributed by atoms with Crippen molar-refractivity contribution in [1.82, 2.24) is 10.6 Å². The number of halogens is 2. The predicted molar refractivity (Wildman–Crippen MR) is 81.4 cm³/mol. The molecule has 0 saturated carbocycles. The van der Waals surface area contributed by atoms with Gasteiger partial charge in [0.15, 0.2) is 5.96 Å². The van der Waals surface area contributed by atoms with Crippen LogP contribution in [-0.2, 0) is 6.42 Å². The van der Waals surface area contributed by atoms with E-state index in [1.807, 2.05) is 6.07 Å². The van der Waals surface area contributed by atoms with Crippen molar-refractivity contribution in [2.75, 3.05) is 19.6 Å². The van der Waals surface area contributed by atoms with Crippen molar-refractivity contribution in [1.29, 1.82) is 0 Å². The number of rotatable bonds is 3. The lowest BCUT2D eigenvalue weighted by molar-refractivity contribution is 0.701. The minimum atomic E-state index is 0. The van der Waals surface area contributed by atoms with E-state index in [0.29, 0.717) is 0 Å². The van der Waals surface area contributed by atoms with Gasteiger partial charge < -0.3 is 10.6 Å². The van der Waals surface area contributed by atoms with Crippen LogP contribution in [0.1, 0.15) is 11.3 Å². The molecule has 2 rings (SSSR count). The lowest BCUT2D eigenvalue weighted by Gasteiger charge is -2.15. The Bertz CT molecular complexity index is 354. The van der Waals surface area contributed by atoms with Crippen LogP contribution in [0.3, 0.4) is 0 Å². The van der Waals surface area contributed by atoms with E-state index in [4.69, 9.17) is 11.6 Å². The highest BCUT2D eigenvalue weighted by Crippen LogP contribution is 2.21. The molecule has 0 saturated heterocycles. The maximum Gasteiger partial charge on any atom is 0.191 e. The van der Waals surface area contributed by atoms with Crippen LogP contribution in [0.25, 0.3) is 0 Å². The molecular formula is C10H15ClIN3S. The Morgan fingerprint density at radius 2 is 2.38 bits per heavy atom. The first-order chi connectivity index (χ1) is 7.34. The maximum atomic E-state index is 5.85. The number of hydrogen-bond donors (Lipinski definition) is 2. The summed E-state index contributed by atoms with van der Waals surface area (Å²) in [4.78, 5) is 5.65. The summed E-state index contributed by atoms with van der Waals surface area (Å²) in [7, 11) is 0. The number of nitrogens with one attached hydrogen (secondary N) is 2. The minimum Gasteiger partial charge on any atom is -0.356 e. The monoisotopic (exact) mass is 371 g/mol. The van der Waals surface area contributed by atoms with Crippen molar-refractivity contribution in [3.8, 4) is 0 Å². The van der Waals surface area contributed by atoms with Crippen molar-refractivity contribution in [3.63, 3.8) is 0 Å². The molecule has 1 aromatic rings. The normalized spacial score (nSPS) is 14.7. The summed E-state index contributed by atoms with van der Waals surface area (Å²) in [5, 5.41) is 6.51. The zero-order valence-electron chi connectivity index (χ0n) is 8.83. The van der Waals surface area contributed by atoms with E-state index in [9.17, 15) is 0 Å². The highest BCUT2D eigenvalue weighted by molar-refractivity contribution is 14.0. The van der Waals surface area contributed by atoms with E-state index in [1.165, 1.54) is 4.88 Å². The minimum absolute atomic E-state index is 0. The van der Waals surface area contributed by atoms with Gasteiger partial charge in [-0.2, -0.15) is 0 Å². The molecule has 3 nitrogen and oxygen atoms in total. The fourth-order valence-corrected chi connectivity index (χ4v) is 2.53. The molecule has 0 radical (unpaired) electrons. The van der Waals surface area contributed by atoms with Crippen LogP contribution in [-0.4, -0.2) is 25.6 Å². The molecule has 1 aromatic heterocycles. The summed E-state index contributed by atoms with van der Waals surface area (Å²) in [5.41, 5.74) is 0. The predicted octanol–water partition coefficient (Wildman–Crippen LogP) is 2.50. The van der Waals surface area contributed by atoms with E-state index < -0.39 is 0 Å². The topological polar surface area (TPSA) is 36.4 Å². The van der Waals surface area contributed by atoms with Crippen LogP contribution in [0, 0.1) is 0 Å². The van der Waals surface area contributed by atoms with Gasteiger partial charge in [0.25, 0.3) is 0 Å². The Hall–Kier alpha value is -0.0100. The number of thiophene rings is 1. The SMILES string of the molecule is Clc1ccc(CCNC2=NCCCN2)s1.I. The van der Waals surface area contributed by atoms with Crippen molar-refractivity contribution < 1.29 is 0 Å². The fourth-order valence-electron chi connectivity index (χ4n) is 1.44. The van der Waals surface area contributed by atoms with Gasteiger partial charge in [-0.1, -0.05) is 11.6 Å². The summed E-state index contributed by atoms with van der Waals surface area (Å²) in [6, 6.07) is 4.02. The largest absolute Gasteiger partial charge is 0.356 e. The molecule has 0 atom stereocenters. The van der Waals surface area contributed by atoms with Gasteiger partial charge in [0.2, 0.25) is 0 Å². The lowest BCUT2D eigenvalue weighted by atomic mass is 10.3. The number of guanidine groups is 1. The number of hydrogen-bond acceptors (Lipinski definition) is 4. The van der Waals surface area contributed by atoms with Gasteiger partial charge in [-0.15, -0.1) is 35.3 Å². The molecule has 0 spiro atoms. The van der Waals surface area contributed by atoms with Gasteiger partial charge in [0.05, 0.1) is 4.34 Å². The van der Waals surface area contributed by atoms with Crippen molar-refractivity contribution >= 4 is 52.9 Å². The Labute approximate surface area is 122 Å². The molecular weight excluding hydrogens is 357 g/mol. The lowest BCUT2D eigenvalue weighted by Crippen LogP contribution is -2.41. The summed E-state index contributed by atoms with van der Waals surface area (Å²) in [6.07, 6.45) is 2.13. The Kier molecular flexibility index (Phi) is 6.45. The molecule has 2 heterocycles. The van der Waals surface area contributed by atoms with Crippen LogP contribution < -0.4 is 10.6 Å². The Balaban J connectivity index is 0.00000128.